The van der Waals surface area contributed by atoms with Gasteiger partial charge in [-0.15, -0.1) is 0 Å². The van der Waals surface area contributed by atoms with Gasteiger partial charge in [0.15, 0.2) is 0 Å². The molecule has 2 heterocycles. The largest absolute Gasteiger partial charge is 0.328 e. The third-order valence-electron chi connectivity index (χ3n) is 4.73. The van der Waals surface area contributed by atoms with Crippen molar-refractivity contribution >= 4 is 0 Å². The molecule has 0 spiro atoms. The van der Waals surface area contributed by atoms with Crippen molar-refractivity contribution in [3.8, 4) is 0 Å². The van der Waals surface area contributed by atoms with E-state index in [0.717, 1.165) is 12.1 Å². The van der Waals surface area contributed by atoms with Crippen molar-refractivity contribution in [3.63, 3.8) is 0 Å². The van der Waals surface area contributed by atoms with Gasteiger partial charge in [0.1, 0.15) is 0 Å². The third-order valence-corrected chi connectivity index (χ3v) is 4.73. The lowest BCUT2D eigenvalue weighted by Crippen LogP contribution is -2.56. The molecule has 0 radical (unpaired) electrons. The van der Waals surface area contributed by atoms with Crippen LogP contribution in [0.2, 0.25) is 0 Å². The zero-order valence-corrected chi connectivity index (χ0v) is 11.6. The van der Waals surface area contributed by atoms with E-state index >= 15 is 0 Å². The molecule has 2 N–H and O–H groups in total. The van der Waals surface area contributed by atoms with E-state index < -0.39 is 0 Å². The summed E-state index contributed by atoms with van der Waals surface area (Å²) in [7, 11) is 0. The Kier molecular flexibility index (Phi) is 4.83. The van der Waals surface area contributed by atoms with E-state index in [0.29, 0.717) is 6.04 Å². The van der Waals surface area contributed by atoms with Crippen molar-refractivity contribution in [2.75, 3.05) is 26.2 Å². The summed E-state index contributed by atoms with van der Waals surface area (Å²) in [6.45, 7) is 9.37. The molecule has 0 aromatic rings. The maximum absolute atomic E-state index is 6.16. The molecule has 100 valence electrons. The highest BCUT2D eigenvalue weighted by molar-refractivity contribution is 4.94. The summed E-state index contributed by atoms with van der Waals surface area (Å²) in [5.41, 5.74) is 6.16. The number of fused-ring (bicyclic) bond motifs is 2. The summed E-state index contributed by atoms with van der Waals surface area (Å²) >= 11 is 0. The molecule has 2 atom stereocenters. The van der Waals surface area contributed by atoms with Crippen LogP contribution in [0.25, 0.3) is 0 Å². The molecular formula is C14H29N3. The van der Waals surface area contributed by atoms with Crippen molar-refractivity contribution in [2.24, 2.45) is 5.73 Å². The van der Waals surface area contributed by atoms with Crippen molar-refractivity contribution in [1.82, 2.24) is 9.80 Å². The van der Waals surface area contributed by atoms with Crippen molar-refractivity contribution < 1.29 is 0 Å². The van der Waals surface area contributed by atoms with Gasteiger partial charge in [0.05, 0.1) is 0 Å². The quantitative estimate of drug-likeness (QED) is 0.792. The summed E-state index contributed by atoms with van der Waals surface area (Å²) in [6, 6.07) is 2.04. The summed E-state index contributed by atoms with van der Waals surface area (Å²) in [4.78, 5) is 5.30. The monoisotopic (exact) mass is 239 g/mol. The molecule has 2 aliphatic rings. The second-order valence-electron chi connectivity index (χ2n) is 5.73. The van der Waals surface area contributed by atoms with E-state index in [1.807, 2.05) is 0 Å². The first-order valence-electron chi connectivity index (χ1n) is 7.48. The number of rotatable bonds is 5. The highest BCUT2D eigenvalue weighted by atomic mass is 15.2. The van der Waals surface area contributed by atoms with Gasteiger partial charge < -0.3 is 10.6 Å². The zero-order valence-electron chi connectivity index (χ0n) is 11.6. The number of hydrogen-bond donors (Lipinski definition) is 1. The SMILES string of the molecule is CCN(CC)CCN1C2CCCC1CC(N)C2. The molecule has 2 unspecified atom stereocenters. The van der Waals surface area contributed by atoms with Gasteiger partial charge in [-0.05, 0) is 38.8 Å². The van der Waals surface area contributed by atoms with Crippen molar-refractivity contribution in [3.05, 3.63) is 0 Å². The van der Waals surface area contributed by atoms with Crippen molar-refractivity contribution in [1.29, 1.82) is 0 Å². The fourth-order valence-electron chi connectivity index (χ4n) is 3.68. The van der Waals surface area contributed by atoms with Gasteiger partial charge in [0.2, 0.25) is 0 Å². The van der Waals surface area contributed by atoms with E-state index in [4.69, 9.17) is 5.73 Å². The number of nitrogens with two attached hydrogens (primary N) is 1. The first-order valence-corrected chi connectivity index (χ1v) is 7.48. The molecule has 0 saturated carbocycles. The molecule has 2 aliphatic heterocycles. The fourth-order valence-corrected chi connectivity index (χ4v) is 3.68. The second-order valence-corrected chi connectivity index (χ2v) is 5.73. The normalized spacial score (nSPS) is 34.2. The van der Waals surface area contributed by atoms with Crippen LogP contribution in [0.5, 0.6) is 0 Å². The Morgan fingerprint density at radius 2 is 1.71 bits per heavy atom. The number of likely N-dealkylation sites (N-methyl/N-ethyl adjacent to an activating group) is 1. The number of nitrogens with zero attached hydrogens (tertiary/aromatic N) is 2. The molecule has 3 nitrogen and oxygen atoms in total. The minimum absolute atomic E-state index is 0.468. The Bertz CT molecular complexity index is 214. The van der Waals surface area contributed by atoms with Gasteiger partial charge in [0, 0.05) is 31.2 Å². The maximum atomic E-state index is 6.16. The van der Waals surface area contributed by atoms with Crippen LogP contribution in [0.4, 0.5) is 0 Å². The standard InChI is InChI=1S/C14H29N3/c1-3-16(4-2)8-9-17-13-6-5-7-14(17)11-12(15)10-13/h12-14H,3-11,15H2,1-2H3. The van der Waals surface area contributed by atoms with Crippen LogP contribution in [0.15, 0.2) is 0 Å². The van der Waals surface area contributed by atoms with Crippen LogP contribution in [0.1, 0.15) is 46.0 Å². The lowest BCUT2D eigenvalue weighted by Gasteiger charge is -2.48. The Balaban J connectivity index is 1.87. The average molecular weight is 239 g/mol. The van der Waals surface area contributed by atoms with Gasteiger partial charge in [-0.2, -0.15) is 0 Å². The summed E-state index contributed by atoms with van der Waals surface area (Å²) in [6.07, 6.45) is 6.64. The van der Waals surface area contributed by atoms with E-state index in [9.17, 15) is 0 Å². The van der Waals surface area contributed by atoms with Crippen LogP contribution >= 0.6 is 0 Å². The lowest BCUT2D eigenvalue weighted by molar-refractivity contribution is 0.0244. The van der Waals surface area contributed by atoms with Crippen molar-refractivity contribution in [2.45, 2.75) is 64.1 Å². The van der Waals surface area contributed by atoms with Crippen LogP contribution in [0, 0.1) is 0 Å². The molecule has 0 amide bonds. The first-order chi connectivity index (χ1) is 8.24. The highest BCUT2D eigenvalue weighted by Crippen LogP contribution is 2.32. The van der Waals surface area contributed by atoms with E-state index in [-0.39, 0.29) is 0 Å². The third kappa shape index (κ3) is 3.21. The minimum Gasteiger partial charge on any atom is -0.328 e. The molecule has 0 aromatic heterocycles. The molecule has 0 aliphatic carbocycles. The van der Waals surface area contributed by atoms with Gasteiger partial charge in [-0.25, -0.2) is 0 Å². The Morgan fingerprint density at radius 3 is 2.24 bits per heavy atom. The minimum atomic E-state index is 0.468. The number of hydrogen-bond acceptors (Lipinski definition) is 3. The van der Waals surface area contributed by atoms with Crippen LogP contribution in [-0.4, -0.2) is 54.1 Å². The Hall–Kier alpha value is -0.120. The zero-order chi connectivity index (χ0) is 12.3. The molecule has 2 saturated heterocycles. The number of piperidine rings is 2. The topological polar surface area (TPSA) is 32.5 Å². The molecule has 2 rings (SSSR count). The average Bonchev–Trinajstić information content (AvgIpc) is 2.30. The predicted molar refractivity (Wildman–Crippen MR) is 73.1 cm³/mol. The Morgan fingerprint density at radius 1 is 1.12 bits per heavy atom. The van der Waals surface area contributed by atoms with Gasteiger partial charge >= 0.3 is 0 Å². The first kappa shape index (κ1) is 13.3. The molecule has 2 bridgehead atoms. The van der Waals surface area contributed by atoms with E-state index in [1.54, 1.807) is 0 Å². The van der Waals surface area contributed by atoms with Gasteiger partial charge in [0.25, 0.3) is 0 Å². The molecule has 2 fully saturated rings. The summed E-state index contributed by atoms with van der Waals surface area (Å²) in [5.74, 6) is 0. The highest BCUT2D eigenvalue weighted by Gasteiger charge is 2.36. The summed E-state index contributed by atoms with van der Waals surface area (Å²) < 4.78 is 0. The lowest BCUT2D eigenvalue weighted by atomic mass is 9.82. The summed E-state index contributed by atoms with van der Waals surface area (Å²) in [5, 5.41) is 0. The van der Waals surface area contributed by atoms with Crippen LogP contribution < -0.4 is 5.73 Å². The molecule has 3 heteroatoms. The predicted octanol–water partition coefficient (Wildman–Crippen LogP) is 1.67. The smallest absolute Gasteiger partial charge is 0.0115 e. The Labute approximate surface area is 106 Å². The molecular weight excluding hydrogens is 210 g/mol. The second kappa shape index (κ2) is 6.17. The van der Waals surface area contributed by atoms with Crippen LogP contribution in [0.3, 0.4) is 0 Å². The maximum Gasteiger partial charge on any atom is 0.0115 e. The van der Waals surface area contributed by atoms with Gasteiger partial charge in [-0.1, -0.05) is 20.3 Å². The van der Waals surface area contributed by atoms with Crippen LogP contribution in [-0.2, 0) is 0 Å². The molecule has 0 aromatic carbocycles. The van der Waals surface area contributed by atoms with E-state index in [2.05, 4.69) is 23.6 Å². The molecule has 17 heavy (non-hydrogen) atoms. The van der Waals surface area contributed by atoms with Gasteiger partial charge in [-0.3, -0.25) is 4.90 Å². The van der Waals surface area contributed by atoms with E-state index in [1.165, 1.54) is 58.3 Å². The fraction of sp³-hybridized carbons (Fsp3) is 1.00.